The number of amides is 2. The number of alkyl halides is 1. The Morgan fingerprint density at radius 3 is 2.65 bits per heavy atom. The van der Waals surface area contributed by atoms with Gasteiger partial charge in [0, 0.05) is 15.7 Å². The molecule has 0 bridgehead atoms. The van der Waals surface area contributed by atoms with E-state index in [0.717, 1.165) is 5.57 Å². The monoisotopic (exact) mass is 444 g/mol. The van der Waals surface area contributed by atoms with E-state index in [1.165, 1.54) is 16.7 Å². The predicted molar refractivity (Wildman–Crippen MR) is 94.3 cm³/mol. The summed E-state index contributed by atoms with van der Waals surface area (Å²) in [5.74, 6) is -1.24. The molecular weight excluding hydrogens is 431 g/mol. The lowest BCUT2D eigenvalue weighted by atomic mass is 10.0. The van der Waals surface area contributed by atoms with Crippen LogP contribution >= 0.6 is 34.4 Å². The quantitative estimate of drug-likeness (QED) is 0.418. The molecule has 2 aliphatic rings. The molecule has 23 heavy (non-hydrogen) atoms. The third-order valence-corrected chi connectivity index (χ3v) is 5.99. The molecule has 2 N–H and O–H groups in total. The molecule has 0 aromatic heterocycles. The SMILES string of the molecule is O=C(O)C1=C(CI)CS[C@@H]2[C@H](NC(=O)c3ccccc3)C(=O)N12. The number of fused-ring (bicyclic) bond motifs is 1. The molecule has 0 unspecified atom stereocenters. The van der Waals surface area contributed by atoms with Gasteiger partial charge in [0.25, 0.3) is 11.8 Å². The van der Waals surface area contributed by atoms with Crippen LogP contribution in [0, 0.1) is 0 Å². The lowest BCUT2D eigenvalue weighted by Gasteiger charge is -2.49. The Balaban J connectivity index is 1.77. The number of carbonyl (C=O) groups is 3. The number of aliphatic carboxylic acids is 1. The molecule has 2 amide bonds. The number of benzene rings is 1. The molecule has 2 heterocycles. The second-order valence-corrected chi connectivity index (χ2v) is 6.99. The molecule has 0 saturated carbocycles. The van der Waals surface area contributed by atoms with Gasteiger partial charge in [0.05, 0.1) is 0 Å². The summed E-state index contributed by atoms with van der Waals surface area (Å²) in [5.41, 5.74) is 1.28. The number of nitrogens with zero attached hydrogens (tertiary/aromatic N) is 1. The van der Waals surface area contributed by atoms with Crippen LogP contribution in [0.1, 0.15) is 10.4 Å². The van der Waals surface area contributed by atoms with Gasteiger partial charge in [0.15, 0.2) is 0 Å². The van der Waals surface area contributed by atoms with E-state index in [0.29, 0.717) is 15.7 Å². The van der Waals surface area contributed by atoms with Crippen LogP contribution in [0.4, 0.5) is 0 Å². The van der Waals surface area contributed by atoms with Crippen LogP contribution in [0.3, 0.4) is 0 Å². The number of carboxylic acids is 1. The first-order chi connectivity index (χ1) is 11.0. The highest BCUT2D eigenvalue weighted by molar-refractivity contribution is 14.1. The number of nitrogens with one attached hydrogen (secondary N) is 1. The maximum atomic E-state index is 12.3. The fourth-order valence-electron chi connectivity index (χ4n) is 2.60. The van der Waals surface area contributed by atoms with Crippen molar-refractivity contribution in [2.24, 2.45) is 0 Å². The first kappa shape index (κ1) is 16.3. The Labute approximate surface area is 150 Å². The molecule has 3 rings (SSSR count). The van der Waals surface area contributed by atoms with Gasteiger partial charge in [0.2, 0.25) is 0 Å². The van der Waals surface area contributed by atoms with Gasteiger partial charge in [-0.3, -0.25) is 14.5 Å². The van der Waals surface area contributed by atoms with Crippen molar-refractivity contribution < 1.29 is 19.5 Å². The highest BCUT2D eigenvalue weighted by Gasteiger charge is 2.54. The third kappa shape index (κ3) is 2.85. The molecule has 8 heteroatoms. The summed E-state index contributed by atoms with van der Waals surface area (Å²) in [6.45, 7) is 0. The second kappa shape index (κ2) is 6.52. The van der Waals surface area contributed by atoms with E-state index < -0.39 is 12.0 Å². The Bertz CT molecular complexity index is 707. The number of hydrogen-bond donors (Lipinski definition) is 2. The van der Waals surface area contributed by atoms with Crippen molar-refractivity contribution in [3.63, 3.8) is 0 Å². The van der Waals surface area contributed by atoms with Crippen LogP contribution in [-0.4, -0.2) is 49.4 Å². The van der Waals surface area contributed by atoms with Crippen molar-refractivity contribution in [3.8, 4) is 0 Å². The fourth-order valence-corrected chi connectivity index (χ4v) is 4.94. The van der Waals surface area contributed by atoms with Crippen molar-refractivity contribution in [3.05, 3.63) is 47.2 Å². The van der Waals surface area contributed by atoms with Gasteiger partial charge in [-0.05, 0) is 17.7 Å². The molecule has 1 aromatic carbocycles. The van der Waals surface area contributed by atoms with Crippen LogP contribution in [0.2, 0.25) is 0 Å². The second-order valence-electron chi connectivity index (χ2n) is 5.12. The van der Waals surface area contributed by atoms with Gasteiger partial charge in [0.1, 0.15) is 17.1 Å². The molecule has 1 saturated heterocycles. The molecule has 6 nitrogen and oxygen atoms in total. The van der Waals surface area contributed by atoms with Crippen molar-refractivity contribution in [1.29, 1.82) is 0 Å². The molecule has 1 aromatic rings. The standard InChI is InChI=1S/C15H13IN2O4S/c16-6-9-7-23-14-10(13(20)18(14)11(9)15(21)22)17-12(19)8-4-2-1-3-5-8/h1-5,10,14H,6-7H2,(H,17,19)(H,21,22)/t10-,14-/m1/s1. The zero-order valence-corrected chi connectivity index (χ0v) is 14.8. The number of rotatable bonds is 4. The van der Waals surface area contributed by atoms with E-state index in [9.17, 15) is 19.5 Å². The Kier molecular flexibility index (Phi) is 4.62. The molecular formula is C15H13IN2O4S. The summed E-state index contributed by atoms with van der Waals surface area (Å²) in [7, 11) is 0. The lowest BCUT2D eigenvalue weighted by molar-refractivity contribution is -0.148. The molecule has 0 radical (unpaired) electrons. The van der Waals surface area contributed by atoms with Crippen molar-refractivity contribution >= 4 is 52.1 Å². The molecule has 2 atom stereocenters. The van der Waals surface area contributed by atoms with E-state index in [1.54, 1.807) is 30.3 Å². The van der Waals surface area contributed by atoms with Crippen LogP contribution in [0.5, 0.6) is 0 Å². The lowest BCUT2D eigenvalue weighted by Crippen LogP contribution is -2.70. The minimum atomic E-state index is -1.09. The summed E-state index contributed by atoms with van der Waals surface area (Å²) >= 11 is 3.57. The van der Waals surface area contributed by atoms with Crippen LogP contribution in [0.15, 0.2) is 41.6 Å². The van der Waals surface area contributed by atoms with Gasteiger partial charge in [-0.25, -0.2) is 4.79 Å². The highest BCUT2D eigenvalue weighted by Crippen LogP contribution is 2.40. The van der Waals surface area contributed by atoms with E-state index in [2.05, 4.69) is 27.9 Å². The average molecular weight is 444 g/mol. The first-order valence-corrected chi connectivity index (χ1v) is 9.44. The van der Waals surface area contributed by atoms with Gasteiger partial charge >= 0.3 is 5.97 Å². The van der Waals surface area contributed by atoms with Gasteiger partial charge in [-0.2, -0.15) is 0 Å². The van der Waals surface area contributed by atoms with Crippen molar-refractivity contribution in [2.45, 2.75) is 11.4 Å². The minimum Gasteiger partial charge on any atom is -0.477 e. The normalized spacial score (nSPS) is 23.2. The third-order valence-electron chi connectivity index (χ3n) is 3.73. The van der Waals surface area contributed by atoms with E-state index >= 15 is 0 Å². The topological polar surface area (TPSA) is 86.7 Å². The Morgan fingerprint density at radius 2 is 2.04 bits per heavy atom. The molecule has 1 fully saturated rings. The Morgan fingerprint density at radius 1 is 1.35 bits per heavy atom. The number of hydrogen-bond acceptors (Lipinski definition) is 4. The van der Waals surface area contributed by atoms with Gasteiger partial charge in [-0.15, -0.1) is 11.8 Å². The van der Waals surface area contributed by atoms with E-state index in [1.807, 2.05) is 0 Å². The van der Waals surface area contributed by atoms with Crippen molar-refractivity contribution in [2.75, 3.05) is 10.2 Å². The smallest absolute Gasteiger partial charge is 0.352 e. The van der Waals surface area contributed by atoms with Crippen molar-refractivity contribution in [1.82, 2.24) is 10.2 Å². The number of carbonyl (C=O) groups excluding carboxylic acids is 2. The number of halogens is 1. The van der Waals surface area contributed by atoms with E-state index in [-0.39, 0.29) is 22.9 Å². The Hall–Kier alpha value is -1.55. The van der Waals surface area contributed by atoms with Crippen LogP contribution in [-0.2, 0) is 9.59 Å². The number of carboxylic acid groups (broad SMARTS) is 1. The largest absolute Gasteiger partial charge is 0.477 e. The number of β-lactam (4-membered cyclic amide) rings is 1. The van der Waals surface area contributed by atoms with E-state index in [4.69, 9.17) is 0 Å². The molecule has 0 aliphatic carbocycles. The van der Waals surface area contributed by atoms with Gasteiger partial charge in [-0.1, -0.05) is 40.8 Å². The molecule has 0 spiro atoms. The highest BCUT2D eigenvalue weighted by atomic mass is 127. The summed E-state index contributed by atoms with van der Waals surface area (Å²) in [5, 5.41) is 11.7. The molecule has 120 valence electrons. The molecule has 2 aliphatic heterocycles. The zero-order valence-electron chi connectivity index (χ0n) is 11.9. The maximum absolute atomic E-state index is 12.3. The zero-order chi connectivity index (χ0) is 16.6. The van der Waals surface area contributed by atoms with Crippen LogP contribution < -0.4 is 5.32 Å². The average Bonchev–Trinajstić information content (AvgIpc) is 2.58. The minimum absolute atomic E-state index is 0.0679. The number of thioether (sulfide) groups is 1. The van der Waals surface area contributed by atoms with Gasteiger partial charge < -0.3 is 10.4 Å². The fraction of sp³-hybridized carbons (Fsp3) is 0.267. The summed E-state index contributed by atoms with van der Waals surface area (Å²) in [6, 6.07) is 7.95. The first-order valence-electron chi connectivity index (χ1n) is 6.86. The summed E-state index contributed by atoms with van der Waals surface area (Å²) < 4.78 is 0.559. The maximum Gasteiger partial charge on any atom is 0.352 e. The summed E-state index contributed by atoms with van der Waals surface area (Å²) in [4.78, 5) is 37.3. The predicted octanol–water partition coefficient (Wildman–Crippen LogP) is 1.47. The van der Waals surface area contributed by atoms with Crippen LogP contribution in [0.25, 0.3) is 0 Å². The summed E-state index contributed by atoms with van der Waals surface area (Å²) in [6.07, 6.45) is 0.